The lowest BCUT2D eigenvalue weighted by molar-refractivity contribution is 0.0933. The molecule has 1 saturated heterocycles. The Morgan fingerprint density at radius 2 is 1.92 bits per heavy atom. The van der Waals surface area contributed by atoms with Gasteiger partial charge < -0.3 is 14.5 Å². The molecule has 5 heteroatoms. The molecule has 1 aromatic carbocycles. The van der Waals surface area contributed by atoms with Crippen LogP contribution in [0.2, 0.25) is 0 Å². The van der Waals surface area contributed by atoms with Gasteiger partial charge in [0.15, 0.2) is 0 Å². The van der Waals surface area contributed by atoms with Crippen LogP contribution < -0.4 is 10.9 Å². The Balaban J connectivity index is 1.52. The molecule has 130 valence electrons. The van der Waals surface area contributed by atoms with Crippen LogP contribution in [0.4, 0.5) is 0 Å². The van der Waals surface area contributed by atoms with Gasteiger partial charge in [-0.25, -0.2) is 4.79 Å². The Hall–Kier alpha value is -2.40. The number of benzene rings is 1. The van der Waals surface area contributed by atoms with Gasteiger partial charge in [-0.2, -0.15) is 0 Å². The number of carbonyl (C=O) groups excluding carboxylic acids is 1. The summed E-state index contributed by atoms with van der Waals surface area (Å²) >= 11 is 0. The van der Waals surface area contributed by atoms with E-state index >= 15 is 0 Å². The highest BCUT2D eigenvalue weighted by atomic mass is 16.5. The smallest absolute Gasteiger partial charge is 0.349 e. The molecular weight excluding hydrogens is 318 g/mol. The first-order valence-electron chi connectivity index (χ1n) is 8.72. The lowest BCUT2D eigenvalue weighted by Crippen LogP contribution is -2.38. The van der Waals surface area contributed by atoms with Crippen LogP contribution in [0.15, 0.2) is 39.5 Å². The predicted molar refractivity (Wildman–Crippen MR) is 93.0 cm³/mol. The summed E-state index contributed by atoms with van der Waals surface area (Å²) in [6, 6.07) is 10.0. The van der Waals surface area contributed by atoms with Gasteiger partial charge in [-0.3, -0.25) is 4.79 Å². The van der Waals surface area contributed by atoms with Crippen molar-refractivity contribution >= 4 is 5.91 Å². The van der Waals surface area contributed by atoms with Crippen molar-refractivity contribution in [3.63, 3.8) is 0 Å². The summed E-state index contributed by atoms with van der Waals surface area (Å²) in [4.78, 5) is 25.0. The van der Waals surface area contributed by atoms with E-state index in [2.05, 4.69) is 17.4 Å². The zero-order valence-electron chi connectivity index (χ0n) is 14.2. The number of ether oxygens (including phenoxy) is 1. The fourth-order valence-corrected chi connectivity index (χ4v) is 3.78. The largest absolute Gasteiger partial charge is 0.427 e. The molecular formula is C20H21NO4. The number of carbonyl (C=O) groups is 1. The normalized spacial score (nSPS) is 19.8. The standard InChI is InChI=1S/C20H21NO4/c1-12-8-17(15-6-7-24-11-15)25-20(23)18(12)19(22)21-16-9-13-4-2-3-5-14(13)10-16/h2-5,8,15-16H,6-7,9-11H2,1H3,(H,21,22). The summed E-state index contributed by atoms with van der Waals surface area (Å²) in [5, 5.41) is 2.99. The van der Waals surface area contributed by atoms with Gasteiger partial charge in [0.25, 0.3) is 5.91 Å². The second-order valence-electron chi connectivity index (χ2n) is 6.90. The van der Waals surface area contributed by atoms with E-state index in [1.54, 1.807) is 13.0 Å². The molecule has 1 unspecified atom stereocenters. The molecule has 2 aromatic rings. The van der Waals surface area contributed by atoms with Crippen LogP contribution in [0.3, 0.4) is 0 Å². The molecule has 1 fully saturated rings. The van der Waals surface area contributed by atoms with Crippen molar-refractivity contribution in [2.45, 2.75) is 38.1 Å². The second kappa shape index (κ2) is 6.48. The maximum atomic E-state index is 12.6. The van der Waals surface area contributed by atoms with Gasteiger partial charge >= 0.3 is 5.63 Å². The summed E-state index contributed by atoms with van der Waals surface area (Å²) in [5.41, 5.74) is 2.72. The fourth-order valence-electron chi connectivity index (χ4n) is 3.78. The van der Waals surface area contributed by atoms with Crippen LogP contribution in [0.25, 0.3) is 0 Å². The first-order valence-corrected chi connectivity index (χ1v) is 8.72. The van der Waals surface area contributed by atoms with E-state index in [1.165, 1.54) is 11.1 Å². The minimum absolute atomic E-state index is 0.0200. The van der Waals surface area contributed by atoms with Crippen molar-refractivity contribution in [3.8, 4) is 0 Å². The van der Waals surface area contributed by atoms with Crippen LogP contribution >= 0.6 is 0 Å². The summed E-state index contributed by atoms with van der Waals surface area (Å²) in [5.74, 6) is 0.371. The van der Waals surface area contributed by atoms with E-state index in [4.69, 9.17) is 9.15 Å². The third-order valence-corrected chi connectivity index (χ3v) is 5.11. The quantitative estimate of drug-likeness (QED) is 0.932. The van der Waals surface area contributed by atoms with Crippen LogP contribution in [-0.4, -0.2) is 25.2 Å². The third kappa shape index (κ3) is 3.12. The van der Waals surface area contributed by atoms with Crippen molar-refractivity contribution < 1.29 is 13.9 Å². The summed E-state index contributed by atoms with van der Waals surface area (Å²) in [6.07, 6.45) is 2.43. The minimum atomic E-state index is -0.560. The number of hydrogen-bond donors (Lipinski definition) is 1. The molecule has 1 N–H and O–H groups in total. The number of fused-ring (bicyclic) bond motifs is 1. The van der Waals surface area contributed by atoms with Crippen LogP contribution in [0.5, 0.6) is 0 Å². The number of amides is 1. The van der Waals surface area contributed by atoms with Gasteiger partial charge in [0.2, 0.25) is 0 Å². The lowest BCUT2D eigenvalue weighted by Gasteiger charge is -2.14. The second-order valence-corrected chi connectivity index (χ2v) is 6.90. The number of aryl methyl sites for hydroxylation is 1. The van der Waals surface area contributed by atoms with Crippen LogP contribution in [0, 0.1) is 6.92 Å². The van der Waals surface area contributed by atoms with Crippen molar-refractivity contribution in [1.82, 2.24) is 5.32 Å². The molecule has 2 aliphatic rings. The first kappa shape index (κ1) is 16.1. The highest BCUT2D eigenvalue weighted by molar-refractivity contribution is 5.95. The summed E-state index contributed by atoms with van der Waals surface area (Å²) in [7, 11) is 0. The maximum Gasteiger partial charge on any atom is 0.349 e. The van der Waals surface area contributed by atoms with E-state index in [0.717, 1.165) is 19.3 Å². The zero-order valence-corrected chi connectivity index (χ0v) is 14.2. The summed E-state index contributed by atoms with van der Waals surface area (Å²) in [6.45, 7) is 3.03. The van der Waals surface area contributed by atoms with Crippen molar-refractivity contribution in [2.24, 2.45) is 0 Å². The molecule has 1 amide bonds. The van der Waals surface area contributed by atoms with E-state index in [1.807, 2.05) is 12.1 Å². The molecule has 1 aliphatic heterocycles. The van der Waals surface area contributed by atoms with Gasteiger partial charge in [-0.1, -0.05) is 24.3 Å². The van der Waals surface area contributed by atoms with Gasteiger partial charge in [0, 0.05) is 18.6 Å². The Morgan fingerprint density at radius 3 is 2.52 bits per heavy atom. The van der Waals surface area contributed by atoms with Gasteiger partial charge in [-0.05, 0) is 48.9 Å². The first-order chi connectivity index (χ1) is 12.1. The fraction of sp³-hybridized carbons (Fsp3) is 0.400. The predicted octanol–water partition coefficient (Wildman–Crippen LogP) is 2.35. The van der Waals surface area contributed by atoms with Crippen LogP contribution in [-0.2, 0) is 17.6 Å². The summed E-state index contributed by atoms with van der Waals surface area (Å²) < 4.78 is 10.8. The maximum absolute atomic E-state index is 12.6. The molecule has 1 atom stereocenters. The molecule has 0 saturated carbocycles. The molecule has 0 radical (unpaired) electrons. The van der Waals surface area contributed by atoms with Gasteiger partial charge in [0.1, 0.15) is 11.3 Å². The average molecular weight is 339 g/mol. The minimum Gasteiger partial charge on any atom is -0.427 e. The Kier molecular flexibility index (Phi) is 4.17. The van der Waals surface area contributed by atoms with E-state index in [-0.39, 0.29) is 23.4 Å². The molecule has 0 bridgehead atoms. The van der Waals surface area contributed by atoms with E-state index in [0.29, 0.717) is 24.5 Å². The molecule has 25 heavy (non-hydrogen) atoms. The SMILES string of the molecule is Cc1cc(C2CCOC2)oc(=O)c1C(=O)NC1Cc2ccccc2C1. The van der Waals surface area contributed by atoms with Gasteiger partial charge in [0.05, 0.1) is 6.61 Å². The molecule has 2 heterocycles. The highest BCUT2D eigenvalue weighted by Crippen LogP contribution is 2.26. The highest BCUT2D eigenvalue weighted by Gasteiger charge is 2.27. The average Bonchev–Trinajstić information content (AvgIpc) is 3.23. The lowest BCUT2D eigenvalue weighted by atomic mass is 10.0. The van der Waals surface area contributed by atoms with E-state index in [9.17, 15) is 9.59 Å². The monoisotopic (exact) mass is 339 g/mol. The third-order valence-electron chi connectivity index (χ3n) is 5.11. The van der Waals surface area contributed by atoms with Gasteiger partial charge in [-0.15, -0.1) is 0 Å². The van der Waals surface area contributed by atoms with Crippen molar-refractivity contribution in [1.29, 1.82) is 0 Å². The molecule has 4 rings (SSSR count). The molecule has 5 nitrogen and oxygen atoms in total. The van der Waals surface area contributed by atoms with E-state index < -0.39 is 5.63 Å². The Morgan fingerprint density at radius 1 is 1.20 bits per heavy atom. The Labute approximate surface area is 146 Å². The van der Waals surface area contributed by atoms with Crippen LogP contribution in [0.1, 0.15) is 45.1 Å². The number of hydrogen-bond acceptors (Lipinski definition) is 4. The van der Waals surface area contributed by atoms with Crippen molar-refractivity contribution in [2.75, 3.05) is 13.2 Å². The van der Waals surface area contributed by atoms with Crippen molar-refractivity contribution in [3.05, 3.63) is 68.8 Å². The number of rotatable bonds is 3. The zero-order chi connectivity index (χ0) is 17.4. The molecule has 0 spiro atoms. The Bertz CT molecular complexity index is 839. The number of nitrogens with one attached hydrogen (secondary N) is 1. The topological polar surface area (TPSA) is 68.5 Å². The molecule has 1 aliphatic carbocycles. The molecule has 1 aromatic heterocycles.